The molecule has 0 saturated heterocycles. The highest BCUT2D eigenvalue weighted by Gasteiger charge is 2.58. The van der Waals surface area contributed by atoms with Crippen molar-refractivity contribution in [3.8, 4) is 6.07 Å². The summed E-state index contributed by atoms with van der Waals surface area (Å²) in [5, 5.41) is 15.5. The molecule has 2 aromatic rings. The molecule has 4 rings (SSSR count). The molecule has 0 bridgehead atoms. The minimum atomic E-state index is -1.37. The van der Waals surface area contributed by atoms with Crippen LogP contribution in [0, 0.1) is 11.3 Å². The van der Waals surface area contributed by atoms with E-state index < -0.39 is 5.41 Å². The number of rotatable bonds is 3. The van der Waals surface area contributed by atoms with Gasteiger partial charge in [0.1, 0.15) is 17.6 Å². The van der Waals surface area contributed by atoms with Crippen molar-refractivity contribution in [1.82, 2.24) is 4.98 Å². The molecule has 7 heteroatoms. The van der Waals surface area contributed by atoms with Crippen molar-refractivity contribution < 1.29 is 9.21 Å². The van der Waals surface area contributed by atoms with E-state index in [0.717, 1.165) is 12.8 Å². The van der Waals surface area contributed by atoms with Crippen LogP contribution in [0.1, 0.15) is 36.9 Å². The number of aromatic nitrogens is 1. The molecule has 0 aliphatic carbocycles. The maximum absolute atomic E-state index is 13.0. The quantitative estimate of drug-likeness (QED) is 0.793. The average Bonchev–Trinajstić information content (AvgIpc) is 3.13. The Bertz CT molecular complexity index is 953. The van der Waals surface area contributed by atoms with Gasteiger partial charge in [0, 0.05) is 17.7 Å². The second-order valence-electron chi connectivity index (χ2n) is 6.16. The van der Waals surface area contributed by atoms with Crippen molar-refractivity contribution in [2.75, 3.05) is 10.6 Å². The molecule has 1 spiro atoms. The van der Waals surface area contributed by atoms with Crippen molar-refractivity contribution in [1.29, 1.82) is 5.26 Å². The van der Waals surface area contributed by atoms with E-state index in [2.05, 4.69) is 28.6 Å². The number of benzene rings is 1. The SMILES string of the molecule is CCCCc1nc2c(o1)NC(N)=C(C#N)C21C(=O)Nc2ccccc21. The van der Waals surface area contributed by atoms with Crippen LogP contribution in [0.4, 0.5) is 11.6 Å². The molecule has 1 atom stereocenters. The number of para-hydroxylation sites is 1. The van der Waals surface area contributed by atoms with Gasteiger partial charge in [0.05, 0.1) is 5.57 Å². The third kappa shape index (κ3) is 1.91. The van der Waals surface area contributed by atoms with E-state index in [1.54, 1.807) is 6.07 Å². The molecule has 0 saturated carbocycles. The fraction of sp³-hybridized carbons (Fsp3) is 0.278. The zero-order valence-electron chi connectivity index (χ0n) is 13.7. The summed E-state index contributed by atoms with van der Waals surface area (Å²) < 4.78 is 5.80. The average molecular weight is 335 g/mol. The Morgan fingerprint density at radius 3 is 2.92 bits per heavy atom. The lowest BCUT2D eigenvalue weighted by molar-refractivity contribution is -0.118. The molecule has 0 radical (unpaired) electrons. The Kier molecular flexibility index (Phi) is 3.29. The second-order valence-corrected chi connectivity index (χ2v) is 6.16. The molecule has 3 heterocycles. The third-order valence-electron chi connectivity index (χ3n) is 4.70. The van der Waals surface area contributed by atoms with E-state index in [4.69, 9.17) is 10.2 Å². The Morgan fingerprint density at radius 1 is 1.36 bits per heavy atom. The number of fused-ring (bicyclic) bond motifs is 4. The molecule has 25 heavy (non-hydrogen) atoms. The van der Waals surface area contributed by atoms with E-state index in [-0.39, 0.29) is 17.3 Å². The van der Waals surface area contributed by atoms with Crippen molar-refractivity contribution >= 4 is 17.5 Å². The molecular formula is C18H17N5O2. The summed E-state index contributed by atoms with van der Waals surface area (Å²) in [5.74, 6) is 0.628. The number of amides is 1. The van der Waals surface area contributed by atoms with Crippen LogP contribution >= 0.6 is 0 Å². The van der Waals surface area contributed by atoms with Gasteiger partial charge in [-0.25, -0.2) is 4.98 Å². The van der Waals surface area contributed by atoms with Crippen LogP contribution in [0.2, 0.25) is 0 Å². The van der Waals surface area contributed by atoms with Gasteiger partial charge in [0.25, 0.3) is 0 Å². The molecule has 126 valence electrons. The monoisotopic (exact) mass is 335 g/mol. The van der Waals surface area contributed by atoms with Crippen molar-refractivity contribution in [3.05, 3.63) is 52.8 Å². The number of nitriles is 1. The molecule has 0 fully saturated rings. The number of hydrogen-bond donors (Lipinski definition) is 3. The Morgan fingerprint density at radius 2 is 2.16 bits per heavy atom. The highest BCUT2D eigenvalue weighted by atomic mass is 16.4. The van der Waals surface area contributed by atoms with Crippen molar-refractivity contribution in [3.63, 3.8) is 0 Å². The maximum Gasteiger partial charge on any atom is 0.246 e. The van der Waals surface area contributed by atoms with E-state index in [1.807, 2.05) is 18.2 Å². The first-order chi connectivity index (χ1) is 12.1. The first-order valence-electron chi connectivity index (χ1n) is 8.21. The molecule has 2 aliphatic heterocycles. The van der Waals surface area contributed by atoms with Crippen molar-refractivity contribution in [2.45, 2.75) is 31.6 Å². The zero-order chi connectivity index (χ0) is 17.6. The molecule has 1 amide bonds. The molecule has 1 aromatic carbocycles. The van der Waals surface area contributed by atoms with E-state index in [9.17, 15) is 10.1 Å². The summed E-state index contributed by atoms with van der Waals surface area (Å²) in [4.78, 5) is 17.6. The van der Waals surface area contributed by atoms with Gasteiger partial charge >= 0.3 is 0 Å². The number of oxazole rings is 1. The molecule has 4 N–H and O–H groups in total. The van der Waals surface area contributed by atoms with E-state index >= 15 is 0 Å². The number of carbonyl (C=O) groups excluding carboxylic acids is 1. The number of hydrogen-bond acceptors (Lipinski definition) is 6. The van der Waals surface area contributed by atoms with Crippen molar-refractivity contribution in [2.24, 2.45) is 5.73 Å². The molecular weight excluding hydrogens is 318 g/mol. The van der Waals surface area contributed by atoms with Gasteiger partial charge in [-0.05, 0) is 12.5 Å². The van der Waals surface area contributed by atoms with Gasteiger partial charge in [-0.15, -0.1) is 0 Å². The summed E-state index contributed by atoms with van der Waals surface area (Å²) in [7, 11) is 0. The summed E-state index contributed by atoms with van der Waals surface area (Å²) >= 11 is 0. The number of unbranched alkanes of at least 4 members (excludes halogenated alkanes) is 1. The van der Waals surface area contributed by atoms with Crippen LogP contribution in [0.5, 0.6) is 0 Å². The third-order valence-corrected chi connectivity index (χ3v) is 4.70. The number of nitrogens with two attached hydrogens (primary N) is 1. The topological polar surface area (TPSA) is 117 Å². The molecule has 1 unspecified atom stereocenters. The first-order valence-corrected chi connectivity index (χ1v) is 8.21. The normalized spacial score (nSPS) is 20.7. The maximum atomic E-state index is 13.0. The van der Waals surface area contributed by atoms with E-state index in [0.29, 0.717) is 35.1 Å². The van der Waals surface area contributed by atoms with Crippen LogP contribution in [-0.2, 0) is 16.6 Å². The number of carbonyl (C=O) groups is 1. The summed E-state index contributed by atoms with van der Waals surface area (Å²) in [6, 6.07) is 9.37. The largest absolute Gasteiger partial charge is 0.425 e. The van der Waals surface area contributed by atoms with Crippen LogP contribution in [-0.4, -0.2) is 10.9 Å². The predicted octanol–water partition coefficient (Wildman–Crippen LogP) is 2.37. The van der Waals surface area contributed by atoms with Crippen LogP contribution in [0.25, 0.3) is 0 Å². The smallest absolute Gasteiger partial charge is 0.246 e. The Labute approximate surface area is 144 Å². The second kappa shape index (κ2) is 5.38. The Hall–Kier alpha value is -3.27. The number of aryl methyl sites for hydroxylation is 1. The van der Waals surface area contributed by atoms with Gasteiger partial charge in [-0.1, -0.05) is 31.5 Å². The standard InChI is InChI=1S/C18H17N5O2/c1-2-3-8-13-22-14-16(25-13)23-15(20)11(9-19)18(14)10-6-4-5-7-12(10)21-17(18)24/h4-7,23H,2-3,8,20H2,1H3,(H,21,24). The minimum Gasteiger partial charge on any atom is -0.425 e. The van der Waals surface area contributed by atoms with Crippen LogP contribution in [0.15, 0.2) is 40.1 Å². The summed E-state index contributed by atoms with van der Waals surface area (Å²) in [6.45, 7) is 2.08. The van der Waals surface area contributed by atoms with E-state index in [1.165, 1.54) is 0 Å². The fourth-order valence-corrected chi connectivity index (χ4v) is 3.53. The van der Waals surface area contributed by atoms with Gasteiger partial charge < -0.3 is 20.8 Å². The summed E-state index contributed by atoms with van der Waals surface area (Å²) in [5.41, 5.74) is 6.54. The minimum absolute atomic E-state index is 0.111. The fourth-order valence-electron chi connectivity index (χ4n) is 3.53. The highest BCUT2D eigenvalue weighted by Crippen LogP contribution is 2.52. The zero-order valence-corrected chi connectivity index (χ0v) is 13.7. The van der Waals surface area contributed by atoms with Crippen LogP contribution < -0.4 is 16.4 Å². The lowest BCUT2D eigenvalue weighted by atomic mass is 9.71. The lowest BCUT2D eigenvalue weighted by Gasteiger charge is -2.30. The predicted molar refractivity (Wildman–Crippen MR) is 91.4 cm³/mol. The first kappa shape index (κ1) is 15.3. The molecule has 7 nitrogen and oxygen atoms in total. The van der Waals surface area contributed by atoms with Crippen LogP contribution in [0.3, 0.4) is 0 Å². The van der Waals surface area contributed by atoms with Gasteiger partial charge in [0.15, 0.2) is 11.3 Å². The van der Waals surface area contributed by atoms with Gasteiger partial charge in [0.2, 0.25) is 11.8 Å². The Balaban J connectivity index is 1.99. The molecule has 2 aliphatic rings. The highest BCUT2D eigenvalue weighted by molar-refractivity contribution is 6.12. The van der Waals surface area contributed by atoms with Gasteiger partial charge in [-0.3, -0.25) is 4.79 Å². The lowest BCUT2D eigenvalue weighted by Crippen LogP contribution is -2.43. The number of anilines is 2. The molecule has 1 aromatic heterocycles. The number of nitrogens with zero attached hydrogens (tertiary/aromatic N) is 2. The number of nitrogens with one attached hydrogen (secondary N) is 2. The van der Waals surface area contributed by atoms with Gasteiger partial charge in [-0.2, -0.15) is 5.26 Å². The summed E-state index contributed by atoms with van der Waals surface area (Å²) in [6.07, 6.45) is 2.58.